The molecule has 0 saturated carbocycles. The van der Waals surface area contributed by atoms with Gasteiger partial charge in [0.1, 0.15) is 18.1 Å². The Morgan fingerprint density at radius 3 is 2.62 bits per heavy atom. The van der Waals surface area contributed by atoms with Crippen LogP contribution in [0.1, 0.15) is 11.1 Å². The molecule has 21 heavy (non-hydrogen) atoms. The van der Waals surface area contributed by atoms with Gasteiger partial charge in [-0.25, -0.2) is 8.78 Å². The number of hydrogen-bond acceptors (Lipinski definition) is 3. The summed E-state index contributed by atoms with van der Waals surface area (Å²) in [5.74, 6) is -0.537. The lowest BCUT2D eigenvalue weighted by molar-refractivity contribution is 0.291. The van der Waals surface area contributed by atoms with Crippen molar-refractivity contribution < 1.29 is 18.3 Å². The molecule has 0 unspecified atom stereocenters. The Balaban J connectivity index is 2.20. The molecule has 0 aliphatic carbocycles. The van der Waals surface area contributed by atoms with Crippen LogP contribution in [0.25, 0.3) is 0 Å². The molecule has 0 amide bonds. The quantitative estimate of drug-likeness (QED) is 0.886. The van der Waals surface area contributed by atoms with Gasteiger partial charge < -0.3 is 14.8 Å². The summed E-state index contributed by atoms with van der Waals surface area (Å²) in [6, 6.07) is 9.45. The lowest BCUT2D eigenvalue weighted by Gasteiger charge is -2.13. The third-order valence-corrected chi connectivity index (χ3v) is 3.06. The van der Waals surface area contributed by atoms with Crippen molar-refractivity contribution in [1.29, 1.82) is 0 Å². The summed E-state index contributed by atoms with van der Waals surface area (Å²) >= 11 is 0. The smallest absolute Gasteiger partial charge is 0.165 e. The van der Waals surface area contributed by atoms with Crippen LogP contribution < -0.4 is 14.8 Å². The highest BCUT2D eigenvalue weighted by atomic mass is 19.2. The first-order valence-electron chi connectivity index (χ1n) is 6.53. The number of ether oxygens (including phenoxy) is 2. The molecule has 0 saturated heterocycles. The molecule has 0 heterocycles. The number of rotatable bonds is 6. The standard InChI is InChI=1S/C16H17F2NO2/c1-19-9-11-6-7-13(20-2)8-15(11)21-10-12-4-3-5-14(17)16(12)18/h3-8,19H,9-10H2,1-2H3. The molecule has 0 fully saturated rings. The van der Waals surface area contributed by atoms with Gasteiger partial charge in [-0.15, -0.1) is 0 Å². The van der Waals surface area contributed by atoms with Gasteiger partial charge in [0, 0.05) is 23.7 Å². The first kappa shape index (κ1) is 15.3. The molecule has 2 rings (SSSR count). The van der Waals surface area contributed by atoms with E-state index in [9.17, 15) is 8.78 Å². The maximum absolute atomic E-state index is 13.6. The largest absolute Gasteiger partial charge is 0.497 e. The van der Waals surface area contributed by atoms with E-state index >= 15 is 0 Å². The van der Waals surface area contributed by atoms with Gasteiger partial charge in [0.2, 0.25) is 0 Å². The van der Waals surface area contributed by atoms with Crippen LogP contribution in [0.3, 0.4) is 0 Å². The molecule has 0 aliphatic rings. The van der Waals surface area contributed by atoms with Crippen molar-refractivity contribution in [3.63, 3.8) is 0 Å². The zero-order valence-electron chi connectivity index (χ0n) is 12.0. The first-order valence-corrected chi connectivity index (χ1v) is 6.53. The Hall–Kier alpha value is -2.14. The van der Waals surface area contributed by atoms with Crippen LogP contribution >= 0.6 is 0 Å². The fraction of sp³-hybridized carbons (Fsp3) is 0.250. The molecule has 5 heteroatoms. The van der Waals surface area contributed by atoms with Crippen molar-refractivity contribution in [3.05, 3.63) is 59.2 Å². The van der Waals surface area contributed by atoms with Crippen LogP contribution in [0.2, 0.25) is 0 Å². The lowest BCUT2D eigenvalue weighted by atomic mass is 10.2. The third-order valence-electron chi connectivity index (χ3n) is 3.06. The Kier molecular flexibility index (Phi) is 5.11. The first-order chi connectivity index (χ1) is 10.2. The van der Waals surface area contributed by atoms with Crippen molar-refractivity contribution in [1.82, 2.24) is 5.32 Å². The molecular formula is C16H17F2NO2. The van der Waals surface area contributed by atoms with Gasteiger partial charge in [0.25, 0.3) is 0 Å². The SMILES string of the molecule is CNCc1ccc(OC)cc1OCc1cccc(F)c1F. The van der Waals surface area contributed by atoms with Crippen LogP contribution in [0, 0.1) is 11.6 Å². The minimum atomic E-state index is -0.879. The van der Waals surface area contributed by atoms with Gasteiger partial charge in [-0.1, -0.05) is 18.2 Å². The summed E-state index contributed by atoms with van der Waals surface area (Å²) in [5.41, 5.74) is 1.09. The maximum Gasteiger partial charge on any atom is 0.165 e. The molecule has 0 spiro atoms. The van der Waals surface area contributed by atoms with Crippen LogP contribution in [0.4, 0.5) is 8.78 Å². The van der Waals surface area contributed by atoms with Crippen molar-refractivity contribution in [2.75, 3.05) is 14.2 Å². The van der Waals surface area contributed by atoms with Crippen LogP contribution in [0.5, 0.6) is 11.5 Å². The zero-order valence-corrected chi connectivity index (χ0v) is 12.0. The van der Waals surface area contributed by atoms with Gasteiger partial charge in [-0.05, 0) is 19.2 Å². The van der Waals surface area contributed by atoms with Crippen LogP contribution in [0.15, 0.2) is 36.4 Å². The van der Waals surface area contributed by atoms with E-state index < -0.39 is 11.6 Å². The van der Waals surface area contributed by atoms with E-state index in [0.717, 1.165) is 11.6 Å². The topological polar surface area (TPSA) is 30.5 Å². The van der Waals surface area contributed by atoms with E-state index in [1.54, 1.807) is 13.2 Å². The highest BCUT2D eigenvalue weighted by Crippen LogP contribution is 2.26. The highest BCUT2D eigenvalue weighted by Gasteiger charge is 2.10. The molecule has 0 bridgehead atoms. The lowest BCUT2D eigenvalue weighted by Crippen LogP contribution is -2.08. The van der Waals surface area contributed by atoms with Gasteiger partial charge in [-0.3, -0.25) is 0 Å². The molecule has 1 N–H and O–H groups in total. The Labute approximate surface area is 122 Å². The average molecular weight is 293 g/mol. The maximum atomic E-state index is 13.6. The summed E-state index contributed by atoms with van der Waals surface area (Å²) in [6.07, 6.45) is 0. The predicted octanol–water partition coefficient (Wildman–Crippen LogP) is 3.27. The normalized spacial score (nSPS) is 10.5. The third kappa shape index (κ3) is 3.70. The van der Waals surface area contributed by atoms with Crippen LogP contribution in [-0.2, 0) is 13.2 Å². The molecule has 112 valence electrons. The van der Waals surface area contributed by atoms with Gasteiger partial charge >= 0.3 is 0 Å². The number of nitrogens with one attached hydrogen (secondary N) is 1. The molecule has 0 radical (unpaired) electrons. The van der Waals surface area contributed by atoms with Gasteiger partial charge in [0.05, 0.1) is 7.11 Å². The Morgan fingerprint density at radius 1 is 1.10 bits per heavy atom. The number of methoxy groups -OCH3 is 1. The van der Waals surface area contributed by atoms with Crippen molar-refractivity contribution >= 4 is 0 Å². The minimum absolute atomic E-state index is 0.0481. The summed E-state index contributed by atoms with van der Waals surface area (Å²) in [5, 5.41) is 3.03. The molecule has 2 aromatic rings. The van der Waals surface area contributed by atoms with Crippen molar-refractivity contribution in [3.8, 4) is 11.5 Å². The minimum Gasteiger partial charge on any atom is -0.497 e. The summed E-state index contributed by atoms with van der Waals surface area (Å²) in [6.45, 7) is 0.554. The predicted molar refractivity (Wildman–Crippen MR) is 76.4 cm³/mol. The van der Waals surface area contributed by atoms with E-state index in [0.29, 0.717) is 18.0 Å². The zero-order chi connectivity index (χ0) is 15.2. The van der Waals surface area contributed by atoms with Crippen LogP contribution in [-0.4, -0.2) is 14.2 Å². The second-order valence-corrected chi connectivity index (χ2v) is 4.51. The number of benzene rings is 2. The molecule has 0 aliphatic heterocycles. The Bertz CT molecular complexity index is 617. The summed E-state index contributed by atoms with van der Waals surface area (Å²) in [4.78, 5) is 0. The number of hydrogen-bond donors (Lipinski definition) is 1. The van der Waals surface area contributed by atoms with E-state index in [-0.39, 0.29) is 12.2 Å². The molecule has 0 atom stereocenters. The Morgan fingerprint density at radius 2 is 1.90 bits per heavy atom. The second-order valence-electron chi connectivity index (χ2n) is 4.51. The fourth-order valence-corrected chi connectivity index (χ4v) is 1.95. The fourth-order valence-electron chi connectivity index (χ4n) is 1.95. The van der Waals surface area contributed by atoms with Crippen molar-refractivity contribution in [2.45, 2.75) is 13.2 Å². The van der Waals surface area contributed by atoms with Gasteiger partial charge in [-0.2, -0.15) is 0 Å². The average Bonchev–Trinajstić information content (AvgIpc) is 2.50. The van der Waals surface area contributed by atoms with E-state index in [1.807, 2.05) is 19.2 Å². The van der Waals surface area contributed by atoms with E-state index in [4.69, 9.17) is 9.47 Å². The molecule has 0 aromatic heterocycles. The molecular weight excluding hydrogens is 276 g/mol. The molecule has 3 nitrogen and oxygen atoms in total. The summed E-state index contributed by atoms with van der Waals surface area (Å²) < 4.78 is 37.5. The molecule has 2 aromatic carbocycles. The number of halogens is 2. The van der Waals surface area contributed by atoms with Crippen molar-refractivity contribution in [2.24, 2.45) is 0 Å². The van der Waals surface area contributed by atoms with Gasteiger partial charge in [0.15, 0.2) is 11.6 Å². The second kappa shape index (κ2) is 7.04. The summed E-state index contributed by atoms with van der Waals surface area (Å²) in [7, 11) is 3.38. The highest BCUT2D eigenvalue weighted by molar-refractivity contribution is 5.41. The van der Waals surface area contributed by atoms with E-state index in [1.165, 1.54) is 12.1 Å². The van der Waals surface area contributed by atoms with E-state index in [2.05, 4.69) is 5.32 Å². The monoisotopic (exact) mass is 293 g/mol.